The van der Waals surface area contributed by atoms with Crippen LogP contribution < -0.4 is 10.6 Å². The molecule has 0 radical (unpaired) electrons. The fourth-order valence-corrected chi connectivity index (χ4v) is 2.82. The molecule has 0 bridgehead atoms. The number of nitro benzene ring substituents is 2. The molecule has 2 N–H and O–H groups in total. The van der Waals surface area contributed by atoms with E-state index in [1.165, 1.54) is 0 Å². The van der Waals surface area contributed by atoms with Crippen molar-refractivity contribution in [2.45, 2.75) is 6.18 Å². The van der Waals surface area contributed by atoms with Crippen LogP contribution in [0.5, 0.6) is 0 Å². The minimum absolute atomic E-state index is 0.0744. The smallest absolute Gasteiger partial charge is 0.394 e. The van der Waals surface area contributed by atoms with Crippen molar-refractivity contribution in [3.8, 4) is 0 Å². The molecule has 0 atom stereocenters. The highest BCUT2D eigenvalue weighted by atomic mass is 35.5. The van der Waals surface area contributed by atoms with Crippen molar-refractivity contribution in [1.29, 1.82) is 0 Å². The summed E-state index contributed by atoms with van der Waals surface area (Å²) in [5, 5.41) is 20.5. The van der Waals surface area contributed by atoms with Crippen LogP contribution in [-0.4, -0.2) is 21.7 Å². The van der Waals surface area contributed by atoms with Gasteiger partial charge in [-0.2, -0.15) is 13.2 Å². The van der Waals surface area contributed by atoms with Gasteiger partial charge in [-0.05, 0) is 0 Å². The predicted molar refractivity (Wildman–Crippen MR) is 87.5 cm³/mol. The van der Waals surface area contributed by atoms with Gasteiger partial charge in [-0.1, -0.05) is 34.8 Å². The topological polar surface area (TPSA) is 128 Å². The van der Waals surface area contributed by atoms with E-state index in [0.717, 1.165) is 0 Å². The molecule has 26 heavy (non-hydrogen) atoms. The van der Waals surface area contributed by atoms with Crippen molar-refractivity contribution in [2.75, 3.05) is 11.6 Å². The first-order chi connectivity index (χ1) is 11.9. The molecule has 1 aliphatic rings. The maximum Gasteiger partial charge on any atom is 0.418 e. The Bertz CT molecular complexity index is 887. The number of nitrogens with zero attached hydrogens (tertiary/aromatic N) is 4. The Morgan fingerprint density at radius 1 is 1.19 bits per heavy atom. The molecular formula is C11H5Cl3F3N5O4. The average Bonchev–Trinajstić information content (AvgIpc) is 2.50. The highest BCUT2D eigenvalue weighted by Crippen LogP contribution is 2.50. The lowest BCUT2D eigenvalue weighted by molar-refractivity contribution is -0.392. The van der Waals surface area contributed by atoms with Crippen LogP contribution in [-0.2, 0) is 6.18 Å². The van der Waals surface area contributed by atoms with E-state index < -0.39 is 55.5 Å². The standard InChI is InChI=1S/C11H5Cl3F3N5O4/c12-5-3(11(15,16)17)1-4(21(23)24)7(8(5)22(25)26)20-2-19-9(13)6(18)10(20)14/h1H,2,18H2. The SMILES string of the molecule is NC1=C(Cl)N(c2c([N+](=O)[O-])cc(C(F)(F)F)c(Cl)c2[N+](=O)[O-])CN=C1Cl. The van der Waals surface area contributed by atoms with Crippen molar-refractivity contribution in [3.05, 3.63) is 47.7 Å². The van der Waals surface area contributed by atoms with Crippen LogP contribution in [0, 0.1) is 20.2 Å². The van der Waals surface area contributed by atoms with Crippen molar-refractivity contribution < 1.29 is 23.0 Å². The summed E-state index contributed by atoms with van der Waals surface area (Å²) >= 11 is 17.1. The average molecular weight is 435 g/mol. The van der Waals surface area contributed by atoms with E-state index in [9.17, 15) is 33.4 Å². The summed E-state index contributed by atoms with van der Waals surface area (Å²) in [4.78, 5) is 24.4. The quantitative estimate of drug-likeness (QED) is 0.436. The van der Waals surface area contributed by atoms with Gasteiger partial charge in [-0.25, -0.2) is 4.99 Å². The Balaban J connectivity index is 2.91. The molecule has 1 heterocycles. The van der Waals surface area contributed by atoms with Gasteiger partial charge < -0.3 is 5.73 Å². The number of benzene rings is 1. The molecular weight excluding hydrogens is 430 g/mol. The minimum Gasteiger partial charge on any atom is -0.394 e. The van der Waals surface area contributed by atoms with Crippen molar-refractivity contribution in [3.63, 3.8) is 0 Å². The zero-order chi connectivity index (χ0) is 20.0. The first-order valence-corrected chi connectivity index (χ1v) is 7.36. The summed E-state index contributed by atoms with van der Waals surface area (Å²) in [6, 6.07) is 0.0744. The molecule has 0 fully saturated rings. The third-order valence-electron chi connectivity index (χ3n) is 3.18. The largest absolute Gasteiger partial charge is 0.418 e. The summed E-state index contributed by atoms with van der Waals surface area (Å²) in [5.74, 6) is 0. The van der Waals surface area contributed by atoms with Crippen molar-refractivity contribution in [2.24, 2.45) is 10.7 Å². The molecule has 0 saturated carbocycles. The van der Waals surface area contributed by atoms with E-state index in [2.05, 4.69) is 4.99 Å². The lowest BCUT2D eigenvalue weighted by atomic mass is 10.1. The van der Waals surface area contributed by atoms with Gasteiger partial charge in [-0.15, -0.1) is 0 Å². The number of alkyl halides is 3. The molecule has 0 aliphatic carbocycles. The Hall–Kier alpha value is -2.31. The van der Waals surface area contributed by atoms with E-state index in [4.69, 9.17) is 40.5 Å². The second-order valence-corrected chi connectivity index (χ2v) is 5.78. The van der Waals surface area contributed by atoms with Crippen LogP contribution in [0.2, 0.25) is 5.02 Å². The first-order valence-electron chi connectivity index (χ1n) is 6.23. The monoisotopic (exact) mass is 433 g/mol. The third kappa shape index (κ3) is 3.34. The fraction of sp³-hybridized carbons (Fsp3) is 0.182. The van der Waals surface area contributed by atoms with Crippen LogP contribution >= 0.6 is 34.8 Å². The lowest BCUT2D eigenvalue weighted by Gasteiger charge is -2.26. The van der Waals surface area contributed by atoms with Gasteiger partial charge in [-0.3, -0.25) is 25.1 Å². The second kappa shape index (κ2) is 6.78. The number of nitro groups is 2. The van der Waals surface area contributed by atoms with Crippen molar-refractivity contribution >= 4 is 57.0 Å². The molecule has 9 nitrogen and oxygen atoms in total. The summed E-state index contributed by atoms with van der Waals surface area (Å²) in [6.07, 6.45) is -5.17. The fourth-order valence-electron chi connectivity index (χ4n) is 2.08. The van der Waals surface area contributed by atoms with E-state index in [-0.39, 0.29) is 16.9 Å². The van der Waals surface area contributed by atoms with E-state index in [1.807, 2.05) is 0 Å². The first kappa shape index (κ1) is 20.0. The summed E-state index contributed by atoms with van der Waals surface area (Å²) in [5.41, 5.74) is -0.118. The van der Waals surface area contributed by atoms with Crippen molar-refractivity contribution in [1.82, 2.24) is 0 Å². The molecule has 140 valence electrons. The van der Waals surface area contributed by atoms with Gasteiger partial charge >= 0.3 is 17.6 Å². The molecule has 2 rings (SSSR count). The molecule has 1 aromatic carbocycles. The van der Waals surface area contributed by atoms with Crippen LogP contribution in [0.25, 0.3) is 0 Å². The molecule has 1 aromatic rings. The van der Waals surface area contributed by atoms with Crippen LogP contribution in [0.1, 0.15) is 5.56 Å². The molecule has 0 unspecified atom stereocenters. The highest BCUT2D eigenvalue weighted by Gasteiger charge is 2.44. The molecule has 15 heteroatoms. The Morgan fingerprint density at radius 3 is 2.23 bits per heavy atom. The maximum atomic E-state index is 13.1. The van der Waals surface area contributed by atoms with Gasteiger partial charge in [0.05, 0.1) is 15.4 Å². The highest BCUT2D eigenvalue weighted by molar-refractivity contribution is 6.70. The number of rotatable bonds is 3. The number of hydrogen-bond donors (Lipinski definition) is 1. The molecule has 1 aliphatic heterocycles. The van der Waals surface area contributed by atoms with Crippen LogP contribution in [0.3, 0.4) is 0 Å². The molecule has 0 amide bonds. The predicted octanol–water partition coefficient (Wildman–Crippen LogP) is 3.96. The third-order valence-corrected chi connectivity index (χ3v) is 4.29. The number of hydrogen-bond acceptors (Lipinski definition) is 7. The normalized spacial score (nSPS) is 15.2. The van der Waals surface area contributed by atoms with Gasteiger partial charge in [0.1, 0.15) is 22.5 Å². The van der Waals surface area contributed by atoms with Crippen LogP contribution in [0.4, 0.5) is 30.2 Å². The van der Waals surface area contributed by atoms with E-state index >= 15 is 0 Å². The van der Waals surface area contributed by atoms with Crippen LogP contribution in [0.15, 0.2) is 21.9 Å². The summed E-state index contributed by atoms with van der Waals surface area (Å²) in [7, 11) is 0. The molecule has 0 saturated heterocycles. The zero-order valence-electron chi connectivity index (χ0n) is 12.1. The Labute approximate surface area is 156 Å². The number of allylic oxidation sites excluding steroid dienone is 1. The number of halogens is 6. The Morgan fingerprint density at radius 2 is 1.77 bits per heavy atom. The van der Waals surface area contributed by atoms with E-state index in [1.54, 1.807) is 0 Å². The van der Waals surface area contributed by atoms with E-state index in [0.29, 0.717) is 4.90 Å². The second-order valence-electron chi connectivity index (χ2n) is 4.69. The number of nitrogens with two attached hydrogens (primary N) is 1. The number of aliphatic imine (C=N–C) groups is 1. The Kier molecular flexibility index (Phi) is 5.21. The lowest BCUT2D eigenvalue weighted by Crippen LogP contribution is -2.31. The van der Waals surface area contributed by atoms with Gasteiger partial charge in [0.25, 0.3) is 0 Å². The maximum absolute atomic E-state index is 13.1. The van der Waals surface area contributed by atoms with Gasteiger partial charge in [0.15, 0.2) is 5.17 Å². The molecule has 0 spiro atoms. The minimum atomic E-state index is -5.17. The number of anilines is 1. The summed E-state index contributed by atoms with van der Waals surface area (Å²) in [6.45, 7) is -0.568. The van der Waals surface area contributed by atoms with Gasteiger partial charge in [0, 0.05) is 6.07 Å². The molecule has 0 aromatic heterocycles. The summed E-state index contributed by atoms with van der Waals surface area (Å²) < 4.78 is 39.2. The van der Waals surface area contributed by atoms with Gasteiger partial charge in [0.2, 0.25) is 5.69 Å². The zero-order valence-corrected chi connectivity index (χ0v) is 14.3.